The Bertz CT molecular complexity index is 291. The Balaban J connectivity index is 2.12. The third-order valence-electron chi connectivity index (χ3n) is 3.13. The molecule has 1 aromatic rings. The van der Waals surface area contributed by atoms with Gasteiger partial charge in [-0.3, -0.25) is 0 Å². The molecule has 0 radical (unpaired) electrons. The Morgan fingerprint density at radius 3 is 2.71 bits per heavy atom. The number of hydrogen-bond acceptors (Lipinski definition) is 2. The molecule has 0 aliphatic heterocycles. The smallest absolute Gasteiger partial charge is 0.0656 e. The lowest BCUT2D eigenvalue weighted by Crippen LogP contribution is -2.22. The monoisotopic (exact) mass is 321 g/mol. The van der Waals surface area contributed by atoms with E-state index in [4.69, 9.17) is 0 Å². The van der Waals surface area contributed by atoms with E-state index in [1.54, 1.807) is 0 Å². The normalized spacial score (nSPS) is 20.1. The fraction of sp³-hybridized carbons (Fsp3) is 0.636. The van der Waals surface area contributed by atoms with Crippen LogP contribution in [0.3, 0.4) is 0 Å². The number of hydrogen-bond donors (Lipinski definition) is 1. The molecule has 1 unspecified atom stereocenters. The summed E-state index contributed by atoms with van der Waals surface area (Å²) < 4.78 is 1.40. The van der Waals surface area contributed by atoms with Gasteiger partial charge in [0, 0.05) is 6.04 Å². The first-order valence-electron chi connectivity index (χ1n) is 5.22. The van der Waals surface area contributed by atoms with Crippen molar-refractivity contribution in [2.24, 2.45) is 5.92 Å². The summed E-state index contributed by atoms with van der Waals surface area (Å²) in [5.41, 5.74) is 1.49. The van der Waals surface area contributed by atoms with Crippen molar-refractivity contribution in [3.05, 3.63) is 19.9 Å². The molecule has 1 heterocycles. The topological polar surface area (TPSA) is 12.0 Å². The maximum atomic E-state index is 3.48. The fourth-order valence-electron chi connectivity index (χ4n) is 2.45. The van der Waals surface area contributed by atoms with Crippen LogP contribution in [0.1, 0.15) is 37.3 Å². The molecule has 0 spiro atoms. The quantitative estimate of drug-likeness (QED) is 0.835. The van der Waals surface area contributed by atoms with E-state index in [0.29, 0.717) is 6.04 Å². The van der Waals surface area contributed by atoms with Crippen LogP contribution in [-0.2, 0) is 0 Å². The first-order valence-corrected chi connectivity index (χ1v) is 7.18. The van der Waals surface area contributed by atoms with Crippen molar-refractivity contribution < 1.29 is 0 Å². The van der Waals surface area contributed by atoms with Crippen molar-refractivity contribution in [3.63, 3.8) is 0 Å². The second-order valence-electron chi connectivity index (χ2n) is 4.00. The van der Waals surface area contributed by atoms with Crippen LogP contribution in [0.25, 0.3) is 0 Å². The van der Waals surface area contributed by atoms with Gasteiger partial charge in [0.05, 0.1) is 2.88 Å². The molecule has 0 amide bonds. The molecule has 0 aromatic carbocycles. The molecular weight excluding hydrogens is 305 g/mol. The lowest BCUT2D eigenvalue weighted by Gasteiger charge is -2.21. The van der Waals surface area contributed by atoms with Crippen LogP contribution in [0, 0.1) is 8.80 Å². The van der Waals surface area contributed by atoms with Crippen LogP contribution in [0.4, 0.5) is 0 Å². The van der Waals surface area contributed by atoms with Gasteiger partial charge in [0.25, 0.3) is 0 Å². The average Bonchev–Trinajstić information content (AvgIpc) is 2.79. The minimum Gasteiger partial charge on any atom is -0.313 e. The van der Waals surface area contributed by atoms with E-state index in [9.17, 15) is 0 Å². The first kappa shape index (κ1) is 10.9. The SMILES string of the molecule is CNC(c1csc(I)c1)C1CCCC1. The molecule has 0 bridgehead atoms. The van der Waals surface area contributed by atoms with Crippen molar-refractivity contribution >= 4 is 33.9 Å². The molecule has 3 heteroatoms. The van der Waals surface area contributed by atoms with E-state index >= 15 is 0 Å². The zero-order valence-electron chi connectivity index (χ0n) is 8.42. The lowest BCUT2D eigenvalue weighted by molar-refractivity contribution is 0.391. The Morgan fingerprint density at radius 1 is 1.50 bits per heavy atom. The Labute approximate surface area is 103 Å². The van der Waals surface area contributed by atoms with Crippen LogP contribution in [0.15, 0.2) is 11.4 Å². The molecular formula is C11H16INS. The van der Waals surface area contributed by atoms with Crippen molar-refractivity contribution in [3.8, 4) is 0 Å². The molecule has 1 saturated carbocycles. The highest BCUT2D eigenvalue weighted by Gasteiger charge is 2.25. The van der Waals surface area contributed by atoms with E-state index in [-0.39, 0.29) is 0 Å². The summed E-state index contributed by atoms with van der Waals surface area (Å²) in [4.78, 5) is 0. The van der Waals surface area contributed by atoms with Crippen LogP contribution >= 0.6 is 33.9 Å². The maximum Gasteiger partial charge on any atom is 0.0656 e. The van der Waals surface area contributed by atoms with Crippen LogP contribution in [0.2, 0.25) is 0 Å². The highest BCUT2D eigenvalue weighted by atomic mass is 127. The van der Waals surface area contributed by atoms with Gasteiger partial charge in [-0.25, -0.2) is 0 Å². The van der Waals surface area contributed by atoms with Crippen LogP contribution in [-0.4, -0.2) is 7.05 Å². The van der Waals surface area contributed by atoms with Gasteiger partial charge in [-0.2, -0.15) is 0 Å². The highest BCUT2D eigenvalue weighted by molar-refractivity contribution is 14.1. The molecule has 78 valence electrons. The largest absolute Gasteiger partial charge is 0.313 e. The number of nitrogens with one attached hydrogen (secondary N) is 1. The molecule has 1 aliphatic rings. The molecule has 1 aliphatic carbocycles. The van der Waals surface area contributed by atoms with Gasteiger partial charge < -0.3 is 5.32 Å². The van der Waals surface area contributed by atoms with E-state index in [2.05, 4.69) is 46.4 Å². The Hall–Kier alpha value is 0.390. The summed E-state index contributed by atoms with van der Waals surface area (Å²) in [5, 5.41) is 5.78. The van der Waals surface area contributed by atoms with Gasteiger partial charge in [-0.1, -0.05) is 12.8 Å². The molecule has 0 saturated heterocycles. The predicted octanol–water partition coefficient (Wildman–Crippen LogP) is 3.80. The molecule has 1 aromatic heterocycles. The minimum atomic E-state index is 0.595. The second-order valence-corrected chi connectivity index (χ2v) is 6.80. The van der Waals surface area contributed by atoms with Gasteiger partial charge in [0.15, 0.2) is 0 Å². The molecule has 14 heavy (non-hydrogen) atoms. The second kappa shape index (κ2) is 4.94. The lowest BCUT2D eigenvalue weighted by atomic mass is 9.94. The molecule has 1 fully saturated rings. The summed E-state index contributed by atoms with van der Waals surface area (Å²) in [6.07, 6.45) is 5.64. The first-order chi connectivity index (χ1) is 6.81. The summed E-state index contributed by atoms with van der Waals surface area (Å²) in [5.74, 6) is 0.866. The maximum absolute atomic E-state index is 3.48. The predicted molar refractivity (Wildman–Crippen MR) is 70.8 cm³/mol. The highest BCUT2D eigenvalue weighted by Crippen LogP contribution is 2.36. The van der Waals surface area contributed by atoms with Gasteiger partial charge in [-0.15, -0.1) is 11.3 Å². The molecule has 1 nitrogen and oxygen atoms in total. The third kappa shape index (κ3) is 2.31. The van der Waals surface area contributed by atoms with Crippen LogP contribution in [0.5, 0.6) is 0 Å². The number of rotatable bonds is 3. The van der Waals surface area contributed by atoms with E-state index in [0.717, 1.165) is 5.92 Å². The summed E-state index contributed by atoms with van der Waals surface area (Å²) in [6.45, 7) is 0. The van der Waals surface area contributed by atoms with E-state index in [1.165, 1.54) is 34.1 Å². The molecule has 2 rings (SSSR count). The van der Waals surface area contributed by atoms with E-state index in [1.807, 2.05) is 11.3 Å². The molecule has 1 atom stereocenters. The standard InChI is InChI=1S/C11H16INS/c1-13-11(8-4-2-3-5-8)9-6-10(12)14-7-9/h6-8,11,13H,2-5H2,1H3. The Morgan fingerprint density at radius 2 is 2.21 bits per heavy atom. The van der Waals surface area contributed by atoms with Crippen molar-refractivity contribution in [2.45, 2.75) is 31.7 Å². The minimum absolute atomic E-state index is 0.595. The van der Waals surface area contributed by atoms with E-state index < -0.39 is 0 Å². The van der Waals surface area contributed by atoms with Gasteiger partial charge in [0.2, 0.25) is 0 Å². The zero-order valence-corrected chi connectivity index (χ0v) is 11.4. The Kier molecular flexibility index (Phi) is 3.85. The van der Waals surface area contributed by atoms with Crippen molar-refractivity contribution in [1.82, 2.24) is 5.32 Å². The van der Waals surface area contributed by atoms with Crippen LogP contribution < -0.4 is 5.32 Å². The number of halogens is 1. The zero-order chi connectivity index (χ0) is 9.97. The number of thiophene rings is 1. The van der Waals surface area contributed by atoms with Crippen molar-refractivity contribution in [2.75, 3.05) is 7.05 Å². The average molecular weight is 321 g/mol. The summed E-state index contributed by atoms with van der Waals surface area (Å²) in [6, 6.07) is 2.92. The van der Waals surface area contributed by atoms with Gasteiger partial charge in [-0.05, 0) is 65.4 Å². The van der Waals surface area contributed by atoms with Gasteiger partial charge in [0.1, 0.15) is 0 Å². The fourth-order valence-corrected chi connectivity index (χ4v) is 3.86. The summed E-state index contributed by atoms with van der Waals surface area (Å²) >= 11 is 4.26. The summed E-state index contributed by atoms with van der Waals surface area (Å²) in [7, 11) is 2.09. The third-order valence-corrected chi connectivity index (χ3v) is 4.94. The van der Waals surface area contributed by atoms with Gasteiger partial charge >= 0.3 is 0 Å². The van der Waals surface area contributed by atoms with Crippen molar-refractivity contribution in [1.29, 1.82) is 0 Å². The molecule has 1 N–H and O–H groups in total.